The molecule has 20 nitrogen and oxygen atoms in total. The number of carbonyl (C=O) groups is 8. The third-order valence-electron chi connectivity index (χ3n) is 21.0. The SMILES string of the molecule is CCCNC(=O)c1ccc(C)cc1F.Cc1ccc(C(=O)CCCC(=O)N(C)C)c(F)c1.Cc1ccc(C(=O)N2CCN(C)CC2)cc1.Cc1ccc(C(=O)N2CCN(CCO)CC2)cc1.Cc1ccc(C(=O)N2CC[C@@H](O)C2)cc1.Cc1ccc(C(=O)NCC(=O)N(C)C)c(F)c1.Cc1ccc(C(C)(C)O)c(F)c1.Cc1ccc(F)cc1.Cc1cccc(F)c1.Cc1ccccc1F. The van der Waals surface area contributed by atoms with Gasteiger partial charge in [0.25, 0.3) is 29.5 Å². The van der Waals surface area contributed by atoms with Gasteiger partial charge in [0, 0.05) is 142 Å². The van der Waals surface area contributed by atoms with Crippen LogP contribution in [0.5, 0.6) is 0 Å². The van der Waals surface area contributed by atoms with Gasteiger partial charge < -0.3 is 55.4 Å². The first-order valence-electron chi connectivity index (χ1n) is 44.5. The minimum absolute atomic E-state index is 0.0200. The molecule has 3 aliphatic rings. The number of hydrogen-bond acceptors (Lipinski definition) is 13. The number of likely N-dealkylation sites (tertiary alicyclic amines) is 1. The molecule has 0 saturated carbocycles. The lowest BCUT2D eigenvalue weighted by Crippen LogP contribution is -2.49. The molecule has 10 aromatic rings. The number of aliphatic hydroxyl groups excluding tert-OH is 2. The normalized spacial score (nSPS) is 13.0. The van der Waals surface area contributed by atoms with Gasteiger partial charge in [-0.3, -0.25) is 43.3 Å². The summed E-state index contributed by atoms with van der Waals surface area (Å²) in [7, 11) is 8.60. The molecule has 3 fully saturated rings. The van der Waals surface area contributed by atoms with E-state index in [4.69, 9.17) is 5.11 Å². The van der Waals surface area contributed by atoms with Gasteiger partial charge in [-0.15, -0.1) is 0 Å². The van der Waals surface area contributed by atoms with Crippen LogP contribution in [0.15, 0.2) is 218 Å². The fourth-order valence-corrected chi connectivity index (χ4v) is 12.7. The molecule has 3 aliphatic heterocycles. The Hall–Kier alpha value is -12.5. The minimum Gasteiger partial charge on any atom is -0.395 e. The summed E-state index contributed by atoms with van der Waals surface area (Å²) in [5.74, 6) is -3.50. The summed E-state index contributed by atoms with van der Waals surface area (Å²) < 4.78 is 90.0. The quantitative estimate of drug-likeness (QED) is 0.0421. The lowest BCUT2D eigenvalue weighted by atomic mass is 9.97. The van der Waals surface area contributed by atoms with E-state index < -0.39 is 29.0 Å². The molecule has 3 saturated heterocycles. The van der Waals surface area contributed by atoms with E-state index in [1.807, 2.05) is 143 Å². The number of β-amino-alcohol motifs (C(OH)–C–C–N with tert-alkyl or cyclic N) is 2. The Morgan fingerprint density at radius 2 is 0.806 bits per heavy atom. The maximum absolute atomic E-state index is 13.5. The van der Waals surface area contributed by atoms with Crippen molar-refractivity contribution in [2.24, 2.45) is 0 Å². The van der Waals surface area contributed by atoms with Crippen molar-refractivity contribution in [1.29, 1.82) is 0 Å². The number of nitrogens with one attached hydrogen (secondary N) is 2. The molecule has 0 bridgehead atoms. The second kappa shape index (κ2) is 59.2. The minimum atomic E-state index is -1.10. The topological polar surface area (TPSA) is 244 Å². The van der Waals surface area contributed by atoms with E-state index in [-0.39, 0.29) is 107 Å². The molecule has 0 spiro atoms. The summed E-state index contributed by atoms with van der Waals surface area (Å²) in [4.78, 5) is 106. The highest BCUT2D eigenvalue weighted by atomic mass is 19.2. The van der Waals surface area contributed by atoms with Gasteiger partial charge in [0.15, 0.2) is 5.78 Å². The summed E-state index contributed by atoms with van der Waals surface area (Å²) >= 11 is 0. The number of nitrogens with zero attached hydrogens (tertiary/aromatic N) is 7. The number of Topliss-reactive ketones (excluding diaryl/α,β-unsaturated/α-hetero) is 1. The zero-order chi connectivity index (χ0) is 99.9. The highest BCUT2D eigenvalue weighted by Crippen LogP contribution is 2.24. The first kappa shape index (κ1) is 114. The van der Waals surface area contributed by atoms with Crippen molar-refractivity contribution in [2.75, 3.05) is 127 Å². The number of piperazine rings is 2. The second-order valence-corrected chi connectivity index (χ2v) is 33.9. The van der Waals surface area contributed by atoms with Crippen LogP contribution in [0, 0.1) is 110 Å². The Labute approximate surface area is 786 Å². The van der Waals surface area contributed by atoms with Crippen molar-refractivity contribution in [3.63, 3.8) is 0 Å². The van der Waals surface area contributed by atoms with Crippen molar-refractivity contribution in [2.45, 2.75) is 134 Å². The molecule has 7 amide bonds. The monoisotopic (exact) mass is 1850 g/mol. The molecule has 0 aliphatic carbocycles. The first-order chi connectivity index (χ1) is 63.3. The van der Waals surface area contributed by atoms with Gasteiger partial charge in [-0.05, 0) is 252 Å². The molecular weight excluding hydrogens is 1720 g/mol. The zero-order valence-corrected chi connectivity index (χ0v) is 80.7. The van der Waals surface area contributed by atoms with Crippen LogP contribution in [0.25, 0.3) is 0 Å². The van der Waals surface area contributed by atoms with Crippen LogP contribution in [0.3, 0.4) is 0 Å². The number of benzene rings is 10. The average molecular weight is 1860 g/mol. The highest BCUT2D eigenvalue weighted by Gasteiger charge is 2.27. The number of aliphatic hydroxyl groups is 3. The van der Waals surface area contributed by atoms with E-state index in [0.717, 1.165) is 109 Å². The predicted molar refractivity (Wildman–Crippen MR) is 517 cm³/mol. The van der Waals surface area contributed by atoms with Crippen molar-refractivity contribution in [1.82, 2.24) is 44.9 Å². The number of carbonyl (C=O) groups excluding carboxylic acids is 8. The molecule has 1 atom stereocenters. The molecule has 0 aromatic heterocycles. The number of halogens is 7. The Bertz CT molecular complexity index is 5270. The molecule has 27 heteroatoms. The fourth-order valence-electron chi connectivity index (χ4n) is 12.7. The summed E-state index contributed by atoms with van der Waals surface area (Å²) in [6.45, 7) is 33.0. The third kappa shape index (κ3) is 43.0. The third-order valence-corrected chi connectivity index (χ3v) is 21.0. The van der Waals surface area contributed by atoms with E-state index in [1.165, 1.54) is 93.7 Å². The van der Waals surface area contributed by atoms with E-state index in [1.54, 1.807) is 135 Å². The van der Waals surface area contributed by atoms with Gasteiger partial charge >= 0.3 is 0 Å². The first-order valence-corrected chi connectivity index (χ1v) is 44.5. The standard InChI is InChI=1S/C14H18FNO2.C14H20N2O2.C13H18N2O.C12H15FN2O2.C12H15NO2.C11H14FNO.C10H13FO.3C7H7F/c1-10-7-8-11(12(15)9-10)13(17)5-4-6-14(18)16(2)3;1-12-2-4-13(5-3-12)14(18)16-8-6-15(7-9-16)10-11-17;1-11-3-5-12(6-4-11)13(16)15-9-7-14(2)8-10-15;1-8-4-5-9(10(13)6-8)12(17)14-7-11(16)15(2)3;1-9-2-4-10(5-3-9)12(15)13-7-6-11(14)8-13;1-3-6-13-11(14)9-5-4-8(2)7-10(9)12;1-7-4-5-8(9(11)6-7)10(2,3)12;1-6-2-4-7(8)5-3-6;1-6-3-2-4-7(8)5-6;1-6-4-2-3-5-7(6)8/h7-9H,4-6H2,1-3H3;2-5,17H,6-11H2,1H3;3-6H,7-10H2,1-2H3;4-6H,7H2,1-3H3,(H,14,17);2-5,11,14H,6-8H2,1H3;4-5,7H,3,6H2,1-2H3,(H,13,14);4-6,12H,1-3H3;3*2-5H,1H3/t;;;;11-;;;;;/m....1...../s1. The number of rotatable bonds is 17. The Morgan fingerprint density at radius 1 is 0.410 bits per heavy atom. The smallest absolute Gasteiger partial charge is 0.254 e. The number of ketones is 1. The molecular formula is C107H134F7N9O11. The van der Waals surface area contributed by atoms with Crippen LogP contribution < -0.4 is 10.6 Å². The van der Waals surface area contributed by atoms with Crippen LogP contribution in [0.4, 0.5) is 30.7 Å². The van der Waals surface area contributed by atoms with E-state index in [9.17, 15) is 79.3 Å². The summed E-state index contributed by atoms with van der Waals surface area (Å²) in [5, 5.41) is 32.7. The maximum Gasteiger partial charge on any atom is 0.254 e. The molecule has 134 heavy (non-hydrogen) atoms. The molecule has 10 aromatic carbocycles. The average Bonchev–Trinajstić information content (AvgIpc) is 1.35. The van der Waals surface area contributed by atoms with Crippen LogP contribution in [0.1, 0.15) is 176 Å². The Morgan fingerprint density at radius 3 is 1.16 bits per heavy atom. The second-order valence-electron chi connectivity index (χ2n) is 33.9. The molecule has 0 unspecified atom stereocenters. The number of likely N-dealkylation sites (N-methyl/N-ethyl adjacent to an activating group) is 2. The Kier molecular flexibility index (Phi) is 50.2. The highest BCUT2D eigenvalue weighted by molar-refractivity contribution is 5.98. The zero-order valence-electron chi connectivity index (χ0n) is 80.7. The summed E-state index contributed by atoms with van der Waals surface area (Å²) in [6.07, 6.45) is 2.14. The summed E-state index contributed by atoms with van der Waals surface area (Å²) in [5.41, 5.74) is 11.1. The van der Waals surface area contributed by atoms with Crippen LogP contribution in [-0.4, -0.2) is 230 Å². The van der Waals surface area contributed by atoms with Gasteiger partial charge in [-0.2, -0.15) is 0 Å². The molecule has 722 valence electrons. The van der Waals surface area contributed by atoms with Crippen LogP contribution >= 0.6 is 0 Å². The number of hydrogen-bond donors (Lipinski definition) is 5. The van der Waals surface area contributed by atoms with Crippen LogP contribution in [-0.2, 0) is 15.2 Å². The van der Waals surface area contributed by atoms with Crippen molar-refractivity contribution < 1.29 is 84.4 Å². The van der Waals surface area contributed by atoms with Gasteiger partial charge in [0.2, 0.25) is 11.8 Å². The largest absolute Gasteiger partial charge is 0.395 e. The van der Waals surface area contributed by atoms with E-state index in [0.29, 0.717) is 62.1 Å². The van der Waals surface area contributed by atoms with E-state index >= 15 is 0 Å². The maximum atomic E-state index is 13.5. The van der Waals surface area contributed by atoms with Crippen molar-refractivity contribution in [3.05, 3.63) is 354 Å². The molecule has 0 radical (unpaired) electrons. The van der Waals surface area contributed by atoms with Gasteiger partial charge in [-0.25, -0.2) is 30.7 Å². The molecule has 3 heterocycles. The van der Waals surface area contributed by atoms with Crippen molar-refractivity contribution in [3.8, 4) is 0 Å². The fraction of sp³-hybridized carbons (Fsp3) is 0.364. The van der Waals surface area contributed by atoms with E-state index in [2.05, 4.69) is 27.5 Å². The number of aryl methyl sites for hydroxylation is 10. The van der Waals surface area contributed by atoms with Gasteiger partial charge in [-0.1, -0.05) is 138 Å². The Balaban J connectivity index is 0.000000315. The van der Waals surface area contributed by atoms with Gasteiger partial charge in [0.1, 0.15) is 40.7 Å². The lowest BCUT2D eigenvalue weighted by Gasteiger charge is -2.34. The number of amides is 7. The van der Waals surface area contributed by atoms with Gasteiger partial charge in [0.05, 0.1) is 41.5 Å². The molecule has 5 N–H and O–H groups in total. The molecule has 13 rings (SSSR count). The van der Waals surface area contributed by atoms with Crippen LogP contribution in [0.2, 0.25) is 0 Å². The lowest BCUT2D eigenvalue weighted by molar-refractivity contribution is -0.129. The predicted octanol–water partition coefficient (Wildman–Crippen LogP) is 17.9. The summed E-state index contributed by atoms with van der Waals surface area (Å²) in [6, 6.07) is 61.0. The van der Waals surface area contributed by atoms with Crippen molar-refractivity contribution >= 4 is 47.1 Å².